The predicted octanol–water partition coefficient (Wildman–Crippen LogP) is 2.46. The summed E-state index contributed by atoms with van der Waals surface area (Å²) in [5, 5.41) is 6.48. The molecule has 1 aromatic heterocycles. The van der Waals surface area contributed by atoms with Crippen LogP contribution >= 0.6 is 11.6 Å². The Morgan fingerprint density at radius 3 is 3.00 bits per heavy atom. The predicted molar refractivity (Wildman–Crippen MR) is 80.4 cm³/mol. The minimum Gasteiger partial charge on any atom is -0.324 e. The highest BCUT2D eigenvalue weighted by molar-refractivity contribution is 6.33. The van der Waals surface area contributed by atoms with Crippen molar-refractivity contribution in [3.63, 3.8) is 0 Å². The fourth-order valence-electron chi connectivity index (χ4n) is 1.91. The topological polar surface area (TPSA) is 59.0 Å². The standard InChI is InChI=1S/C14H17ClN4O/c1-16-7-3-6-13(20)18-12-5-2-4-11(15)14(12)19-9-8-17-10-19/h2,4-5,8-10,16H,3,6-7H2,1H3,(H,18,20). The zero-order chi connectivity index (χ0) is 14.4. The smallest absolute Gasteiger partial charge is 0.224 e. The van der Waals surface area contributed by atoms with Gasteiger partial charge < -0.3 is 15.2 Å². The van der Waals surface area contributed by atoms with E-state index in [1.54, 1.807) is 29.4 Å². The lowest BCUT2D eigenvalue weighted by Crippen LogP contribution is -2.16. The number of nitrogens with one attached hydrogen (secondary N) is 2. The molecule has 6 heteroatoms. The van der Waals surface area contributed by atoms with E-state index < -0.39 is 0 Å². The van der Waals surface area contributed by atoms with Gasteiger partial charge in [0.15, 0.2) is 0 Å². The van der Waals surface area contributed by atoms with Gasteiger partial charge in [0.05, 0.1) is 22.7 Å². The lowest BCUT2D eigenvalue weighted by atomic mass is 10.2. The van der Waals surface area contributed by atoms with Gasteiger partial charge >= 0.3 is 0 Å². The Bertz CT molecular complexity index is 569. The molecule has 0 unspecified atom stereocenters. The van der Waals surface area contributed by atoms with Gasteiger partial charge in [-0.1, -0.05) is 17.7 Å². The van der Waals surface area contributed by atoms with Crippen molar-refractivity contribution in [2.75, 3.05) is 18.9 Å². The molecular weight excluding hydrogens is 276 g/mol. The summed E-state index contributed by atoms with van der Waals surface area (Å²) >= 11 is 6.22. The number of halogens is 1. The molecule has 0 aliphatic heterocycles. The first-order valence-corrected chi connectivity index (χ1v) is 6.81. The van der Waals surface area contributed by atoms with Crippen LogP contribution in [0.5, 0.6) is 0 Å². The first-order valence-electron chi connectivity index (χ1n) is 6.43. The first-order chi connectivity index (χ1) is 9.72. The third-order valence-electron chi connectivity index (χ3n) is 2.85. The van der Waals surface area contributed by atoms with E-state index in [1.807, 2.05) is 19.2 Å². The maximum absolute atomic E-state index is 11.9. The molecule has 0 radical (unpaired) electrons. The molecule has 2 aromatic rings. The summed E-state index contributed by atoms with van der Waals surface area (Å²) in [6, 6.07) is 5.43. The fraction of sp³-hybridized carbons (Fsp3) is 0.286. The average Bonchev–Trinajstić information content (AvgIpc) is 2.93. The second-order valence-corrected chi connectivity index (χ2v) is 4.77. The van der Waals surface area contributed by atoms with Crippen molar-refractivity contribution in [1.29, 1.82) is 0 Å². The number of hydrogen-bond donors (Lipinski definition) is 2. The molecule has 0 fully saturated rings. The molecular formula is C14H17ClN4O. The largest absolute Gasteiger partial charge is 0.324 e. The van der Waals surface area contributed by atoms with Gasteiger partial charge in [0.1, 0.15) is 0 Å². The third kappa shape index (κ3) is 3.59. The van der Waals surface area contributed by atoms with Crippen LogP contribution in [-0.2, 0) is 4.79 Å². The van der Waals surface area contributed by atoms with Crippen molar-refractivity contribution in [2.45, 2.75) is 12.8 Å². The fourth-order valence-corrected chi connectivity index (χ4v) is 2.18. The van der Waals surface area contributed by atoms with Crippen LogP contribution in [0.25, 0.3) is 5.69 Å². The third-order valence-corrected chi connectivity index (χ3v) is 3.16. The Balaban J connectivity index is 2.16. The number of hydrogen-bond acceptors (Lipinski definition) is 3. The average molecular weight is 293 g/mol. The highest BCUT2D eigenvalue weighted by Crippen LogP contribution is 2.28. The SMILES string of the molecule is CNCCCC(=O)Nc1cccc(Cl)c1-n1ccnc1. The van der Waals surface area contributed by atoms with Crippen LogP contribution < -0.4 is 10.6 Å². The monoisotopic (exact) mass is 292 g/mol. The van der Waals surface area contributed by atoms with Gasteiger partial charge in [0.2, 0.25) is 5.91 Å². The number of amides is 1. The number of rotatable bonds is 6. The Labute approximate surface area is 123 Å². The minimum absolute atomic E-state index is 0.0242. The van der Waals surface area contributed by atoms with E-state index in [0.29, 0.717) is 17.1 Å². The van der Waals surface area contributed by atoms with Crippen molar-refractivity contribution in [1.82, 2.24) is 14.9 Å². The van der Waals surface area contributed by atoms with E-state index in [0.717, 1.165) is 18.7 Å². The van der Waals surface area contributed by atoms with Crippen LogP contribution in [-0.4, -0.2) is 29.1 Å². The highest BCUT2D eigenvalue weighted by atomic mass is 35.5. The lowest BCUT2D eigenvalue weighted by Gasteiger charge is -2.13. The second kappa shape index (κ2) is 7.07. The van der Waals surface area contributed by atoms with Crippen molar-refractivity contribution < 1.29 is 4.79 Å². The van der Waals surface area contributed by atoms with Gasteiger partial charge in [-0.05, 0) is 32.1 Å². The van der Waals surface area contributed by atoms with Crippen molar-refractivity contribution in [2.24, 2.45) is 0 Å². The van der Waals surface area contributed by atoms with Crippen LogP contribution in [0.4, 0.5) is 5.69 Å². The molecule has 0 saturated heterocycles. The van der Waals surface area contributed by atoms with E-state index in [-0.39, 0.29) is 5.91 Å². The van der Waals surface area contributed by atoms with Gasteiger partial charge in [0.25, 0.3) is 0 Å². The number of aromatic nitrogens is 2. The van der Waals surface area contributed by atoms with E-state index in [9.17, 15) is 4.79 Å². The number of carbonyl (C=O) groups is 1. The van der Waals surface area contributed by atoms with Crippen molar-refractivity contribution >= 4 is 23.2 Å². The quantitative estimate of drug-likeness (QED) is 0.804. The molecule has 2 rings (SSSR count). The minimum atomic E-state index is -0.0242. The van der Waals surface area contributed by atoms with Gasteiger partial charge in [-0.15, -0.1) is 0 Å². The summed E-state index contributed by atoms with van der Waals surface area (Å²) in [6.07, 6.45) is 6.37. The molecule has 1 aromatic carbocycles. The van der Waals surface area contributed by atoms with Crippen LogP contribution in [0.15, 0.2) is 36.9 Å². The summed E-state index contributed by atoms with van der Waals surface area (Å²) < 4.78 is 1.78. The molecule has 0 aliphatic carbocycles. The molecule has 2 N–H and O–H groups in total. The summed E-state index contributed by atoms with van der Waals surface area (Å²) in [5.41, 5.74) is 1.42. The van der Waals surface area contributed by atoms with Gasteiger partial charge in [-0.25, -0.2) is 4.98 Å². The molecule has 0 saturated carbocycles. The molecule has 0 bridgehead atoms. The lowest BCUT2D eigenvalue weighted by molar-refractivity contribution is -0.116. The molecule has 5 nitrogen and oxygen atoms in total. The molecule has 0 spiro atoms. The Hall–Kier alpha value is -1.85. The second-order valence-electron chi connectivity index (χ2n) is 4.36. The van der Waals surface area contributed by atoms with Crippen molar-refractivity contribution in [3.05, 3.63) is 41.9 Å². The molecule has 1 amide bonds. The summed E-state index contributed by atoms with van der Waals surface area (Å²) in [7, 11) is 1.87. The van der Waals surface area contributed by atoms with Crippen LogP contribution in [0.1, 0.15) is 12.8 Å². The van der Waals surface area contributed by atoms with Gasteiger partial charge in [0, 0.05) is 18.8 Å². The summed E-state index contributed by atoms with van der Waals surface area (Å²) in [4.78, 5) is 15.9. The maximum atomic E-state index is 11.9. The summed E-state index contributed by atoms with van der Waals surface area (Å²) in [5.74, 6) is -0.0242. The number of para-hydroxylation sites is 1. The number of imidazole rings is 1. The van der Waals surface area contributed by atoms with E-state index in [2.05, 4.69) is 15.6 Å². The molecule has 1 heterocycles. The van der Waals surface area contributed by atoms with Crippen LogP contribution in [0.3, 0.4) is 0 Å². The molecule has 0 atom stereocenters. The van der Waals surface area contributed by atoms with Crippen molar-refractivity contribution in [3.8, 4) is 5.69 Å². The Morgan fingerprint density at radius 2 is 2.30 bits per heavy atom. The van der Waals surface area contributed by atoms with Gasteiger partial charge in [-0.3, -0.25) is 4.79 Å². The Kier molecular flexibility index (Phi) is 5.15. The van der Waals surface area contributed by atoms with Gasteiger partial charge in [-0.2, -0.15) is 0 Å². The first kappa shape index (κ1) is 14.6. The number of benzene rings is 1. The van der Waals surface area contributed by atoms with Crippen LogP contribution in [0.2, 0.25) is 5.02 Å². The molecule has 0 aliphatic rings. The van der Waals surface area contributed by atoms with Crippen LogP contribution in [0, 0.1) is 0 Å². The normalized spacial score (nSPS) is 10.5. The van der Waals surface area contributed by atoms with E-state index in [1.165, 1.54) is 0 Å². The van der Waals surface area contributed by atoms with E-state index >= 15 is 0 Å². The zero-order valence-electron chi connectivity index (χ0n) is 11.3. The Morgan fingerprint density at radius 1 is 1.45 bits per heavy atom. The number of anilines is 1. The number of nitrogens with zero attached hydrogens (tertiary/aromatic N) is 2. The zero-order valence-corrected chi connectivity index (χ0v) is 12.0. The molecule has 106 valence electrons. The summed E-state index contributed by atoms with van der Waals surface area (Å²) in [6.45, 7) is 0.817. The maximum Gasteiger partial charge on any atom is 0.224 e. The molecule has 20 heavy (non-hydrogen) atoms. The highest BCUT2D eigenvalue weighted by Gasteiger charge is 2.11. The van der Waals surface area contributed by atoms with E-state index in [4.69, 9.17) is 11.6 Å². The number of carbonyl (C=O) groups excluding carboxylic acids is 1.